The van der Waals surface area contributed by atoms with E-state index in [1.165, 1.54) is 14.7 Å². The first-order valence-electron chi connectivity index (χ1n) is 11.6. The van der Waals surface area contributed by atoms with E-state index < -0.39 is 11.1 Å². The van der Waals surface area contributed by atoms with Gasteiger partial charge < -0.3 is 10.3 Å². The second-order valence-electron chi connectivity index (χ2n) is 8.72. The van der Waals surface area contributed by atoms with Crippen molar-refractivity contribution in [1.82, 2.24) is 19.4 Å². The number of nitrogens with one attached hydrogen (secondary N) is 2. The first kappa shape index (κ1) is 22.4. The summed E-state index contributed by atoms with van der Waals surface area (Å²) < 4.78 is 2.74. The van der Waals surface area contributed by atoms with Crippen LogP contribution in [0.3, 0.4) is 0 Å². The lowest BCUT2D eigenvalue weighted by molar-refractivity contribution is -0.121. The number of para-hydroxylation sites is 2. The second kappa shape index (κ2) is 9.46. The van der Waals surface area contributed by atoms with Crippen molar-refractivity contribution in [2.45, 2.75) is 26.4 Å². The Balaban J connectivity index is 1.36. The molecule has 2 aromatic heterocycles. The summed E-state index contributed by atoms with van der Waals surface area (Å²) in [7, 11) is 0. The van der Waals surface area contributed by atoms with Gasteiger partial charge in [0.15, 0.2) is 0 Å². The molecule has 2 N–H and O–H groups in total. The first-order valence-corrected chi connectivity index (χ1v) is 11.6. The van der Waals surface area contributed by atoms with Crippen LogP contribution in [0, 0.1) is 6.92 Å². The van der Waals surface area contributed by atoms with Crippen molar-refractivity contribution in [1.29, 1.82) is 0 Å². The lowest BCUT2D eigenvalue weighted by Gasteiger charge is -2.15. The number of aryl methyl sites for hydroxylation is 1. The third-order valence-electron chi connectivity index (χ3n) is 6.26. The maximum atomic E-state index is 13.0. The summed E-state index contributed by atoms with van der Waals surface area (Å²) in [6, 6.07) is 22.9. The topological polar surface area (TPSA) is 88.9 Å². The summed E-state index contributed by atoms with van der Waals surface area (Å²) in [5, 5.41) is 4.04. The van der Waals surface area contributed by atoms with Crippen LogP contribution in [-0.4, -0.2) is 26.6 Å². The molecule has 35 heavy (non-hydrogen) atoms. The Hall–Kier alpha value is -4.39. The zero-order valence-electron chi connectivity index (χ0n) is 19.5. The Bertz CT molecular complexity index is 1640. The third-order valence-corrected chi connectivity index (χ3v) is 6.26. The van der Waals surface area contributed by atoms with E-state index in [4.69, 9.17) is 0 Å². The monoisotopic (exact) mass is 466 g/mol. The third kappa shape index (κ3) is 4.53. The predicted octanol–water partition coefficient (Wildman–Crippen LogP) is 3.36. The number of rotatable bonds is 7. The zero-order chi connectivity index (χ0) is 24.4. The second-order valence-corrected chi connectivity index (χ2v) is 8.72. The number of carbonyl (C=O) groups is 1. The van der Waals surface area contributed by atoms with E-state index in [0.717, 1.165) is 22.0 Å². The fourth-order valence-electron chi connectivity index (χ4n) is 4.49. The van der Waals surface area contributed by atoms with Crippen LogP contribution in [0.4, 0.5) is 0 Å². The molecule has 0 atom stereocenters. The maximum absolute atomic E-state index is 13.0. The van der Waals surface area contributed by atoms with Crippen molar-refractivity contribution in [3.05, 3.63) is 116 Å². The Morgan fingerprint density at radius 2 is 1.57 bits per heavy atom. The van der Waals surface area contributed by atoms with Crippen LogP contribution in [0.2, 0.25) is 0 Å². The van der Waals surface area contributed by atoms with Gasteiger partial charge in [-0.25, -0.2) is 0 Å². The molecule has 2 heterocycles. The van der Waals surface area contributed by atoms with Gasteiger partial charge in [-0.05, 0) is 48.7 Å². The molecule has 0 fully saturated rings. The van der Waals surface area contributed by atoms with E-state index in [2.05, 4.69) is 22.4 Å². The van der Waals surface area contributed by atoms with Crippen LogP contribution in [-0.2, 0) is 24.3 Å². The van der Waals surface area contributed by atoms with Gasteiger partial charge in [-0.15, -0.1) is 0 Å². The van der Waals surface area contributed by atoms with Gasteiger partial charge in [0.2, 0.25) is 5.91 Å². The fraction of sp³-hybridized carbons (Fsp3) is 0.179. The summed E-state index contributed by atoms with van der Waals surface area (Å²) in [5.74, 6) is -0.312. The number of nitrogens with zero attached hydrogens (tertiary/aromatic N) is 2. The van der Waals surface area contributed by atoms with Crippen LogP contribution in [0.1, 0.15) is 16.7 Å². The lowest BCUT2D eigenvalue weighted by atomic mass is 10.1. The Kier molecular flexibility index (Phi) is 6.06. The fourth-order valence-corrected chi connectivity index (χ4v) is 4.49. The van der Waals surface area contributed by atoms with Crippen LogP contribution in [0.15, 0.2) is 88.6 Å². The van der Waals surface area contributed by atoms with Gasteiger partial charge in [0, 0.05) is 23.6 Å². The summed E-state index contributed by atoms with van der Waals surface area (Å²) in [5.41, 5.74) is 4.09. The number of carbonyl (C=O) groups excluding carboxylic acids is 1. The number of aromatic amines is 1. The van der Waals surface area contributed by atoms with Crippen LogP contribution in [0.5, 0.6) is 0 Å². The number of amides is 1. The van der Waals surface area contributed by atoms with Crippen molar-refractivity contribution in [2.24, 2.45) is 0 Å². The summed E-state index contributed by atoms with van der Waals surface area (Å²) >= 11 is 0. The van der Waals surface area contributed by atoms with E-state index in [0.29, 0.717) is 24.0 Å². The van der Waals surface area contributed by atoms with Crippen molar-refractivity contribution in [3.63, 3.8) is 0 Å². The molecule has 5 aromatic rings. The van der Waals surface area contributed by atoms with Crippen LogP contribution in [0.25, 0.3) is 21.9 Å². The van der Waals surface area contributed by atoms with E-state index >= 15 is 0 Å². The van der Waals surface area contributed by atoms with Crippen molar-refractivity contribution in [3.8, 4) is 0 Å². The maximum Gasteiger partial charge on any atom is 0.317 e. The Labute approximate surface area is 201 Å². The van der Waals surface area contributed by atoms with Crippen molar-refractivity contribution < 1.29 is 4.79 Å². The molecule has 5 rings (SSSR count). The number of aromatic nitrogens is 3. The normalized spacial score (nSPS) is 11.2. The van der Waals surface area contributed by atoms with E-state index in [1.54, 1.807) is 18.2 Å². The molecular formula is C28H26N4O3. The molecule has 0 unspecified atom stereocenters. The van der Waals surface area contributed by atoms with Crippen molar-refractivity contribution >= 4 is 27.8 Å². The molecule has 0 radical (unpaired) electrons. The van der Waals surface area contributed by atoms with E-state index in [-0.39, 0.29) is 19.0 Å². The molecule has 176 valence electrons. The Morgan fingerprint density at radius 1 is 0.886 bits per heavy atom. The molecule has 0 aliphatic rings. The highest BCUT2D eigenvalue weighted by Crippen LogP contribution is 2.20. The van der Waals surface area contributed by atoms with Gasteiger partial charge in [0.25, 0.3) is 0 Å². The molecular weight excluding hydrogens is 440 g/mol. The predicted molar refractivity (Wildman–Crippen MR) is 138 cm³/mol. The molecule has 0 aliphatic carbocycles. The zero-order valence-corrected chi connectivity index (χ0v) is 19.5. The van der Waals surface area contributed by atoms with Gasteiger partial charge in [-0.2, -0.15) is 0 Å². The van der Waals surface area contributed by atoms with E-state index in [9.17, 15) is 14.4 Å². The minimum Gasteiger partial charge on any atom is -0.361 e. The molecule has 0 aliphatic heterocycles. The number of benzene rings is 3. The first-order chi connectivity index (χ1) is 17.0. The standard InChI is InChI=1S/C28H26N4O3/c1-19-11-12-23-22(15-19)21(16-30-23)13-14-29-26(33)18-32-25-10-6-5-9-24(25)31(27(34)28(32)35)17-20-7-3-2-4-8-20/h2-12,15-16,30H,13-14,17-18H2,1H3,(H,29,33). The van der Waals surface area contributed by atoms with Gasteiger partial charge in [-0.1, -0.05) is 54.1 Å². The average Bonchev–Trinajstić information content (AvgIpc) is 3.27. The minimum atomic E-state index is -0.707. The average molecular weight is 467 g/mol. The highest BCUT2D eigenvalue weighted by Gasteiger charge is 2.15. The highest BCUT2D eigenvalue weighted by molar-refractivity contribution is 5.84. The van der Waals surface area contributed by atoms with Crippen LogP contribution < -0.4 is 16.4 Å². The molecule has 7 heteroatoms. The number of H-pyrrole nitrogens is 1. The summed E-state index contributed by atoms with van der Waals surface area (Å²) in [6.07, 6.45) is 2.62. The molecule has 0 spiro atoms. The number of fused-ring (bicyclic) bond motifs is 2. The van der Waals surface area contributed by atoms with Crippen LogP contribution >= 0.6 is 0 Å². The molecule has 0 saturated carbocycles. The number of hydrogen-bond acceptors (Lipinski definition) is 3. The summed E-state index contributed by atoms with van der Waals surface area (Å²) in [6.45, 7) is 2.55. The van der Waals surface area contributed by atoms with Gasteiger partial charge in [0.05, 0.1) is 17.6 Å². The summed E-state index contributed by atoms with van der Waals surface area (Å²) in [4.78, 5) is 42.0. The number of hydrogen-bond donors (Lipinski definition) is 2. The molecule has 1 amide bonds. The lowest BCUT2D eigenvalue weighted by Crippen LogP contribution is -2.44. The van der Waals surface area contributed by atoms with Gasteiger partial charge in [-0.3, -0.25) is 23.5 Å². The molecule has 0 saturated heterocycles. The van der Waals surface area contributed by atoms with Gasteiger partial charge >= 0.3 is 11.1 Å². The quantitative estimate of drug-likeness (QED) is 0.361. The molecule has 7 nitrogen and oxygen atoms in total. The van der Waals surface area contributed by atoms with Crippen molar-refractivity contribution in [2.75, 3.05) is 6.54 Å². The minimum absolute atomic E-state index is 0.215. The largest absolute Gasteiger partial charge is 0.361 e. The smallest absolute Gasteiger partial charge is 0.317 e. The van der Waals surface area contributed by atoms with Gasteiger partial charge in [0.1, 0.15) is 6.54 Å². The SMILES string of the molecule is Cc1ccc2[nH]cc(CCNC(=O)Cn3c(=O)c(=O)n(Cc4ccccc4)c4ccccc43)c2c1. The highest BCUT2D eigenvalue weighted by atomic mass is 16.2. The van der Waals surface area contributed by atoms with E-state index in [1.807, 2.05) is 55.6 Å². The molecule has 3 aromatic carbocycles. The molecule has 0 bridgehead atoms. The Morgan fingerprint density at radius 3 is 2.34 bits per heavy atom.